The number of ether oxygens (including phenoxy) is 1. The summed E-state index contributed by atoms with van der Waals surface area (Å²) >= 11 is 0. The lowest BCUT2D eigenvalue weighted by atomic mass is 10.1. The highest BCUT2D eigenvalue weighted by molar-refractivity contribution is 5.65. The number of benzene rings is 1. The molecule has 0 aromatic heterocycles. The van der Waals surface area contributed by atoms with Crippen LogP contribution >= 0.6 is 0 Å². The Bertz CT molecular complexity index is 777. The third-order valence-corrected chi connectivity index (χ3v) is 4.41. The summed E-state index contributed by atoms with van der Waals surface area (Å²) in [5.41, 5.74) is 2.00. The maximum absolute atomic E-state index is 11.9. The Morgan fingerprint density at radius 2 is 2.00 bits per heavy atom. The lowest BCUT2D eigenvalue weighted by Crippen LogP contribution is -2.55. The third-order valence-electron chi connectivity index (χ3n) is 4.41. The first-order chi connectivity index (χ1) is 11.0. The Balaban J connectivity index is 1.78. The van der Waals surface area contributed by atoms with E-state index in [9.17, 15) is 9.59 Å². The second-order valence-corrected chi connectivity index (χ2v) is 6.10. The number of rotatable bonds is 4. The summed E-state index contributed by atoms with van der Waals surface area (Å²) in [7, 11) is 0. The number of anilines is 2. The van der Waals surface area contributed by atoms with E-state index < -0.39 is 10.9 Å². The highest BCUT2D eigenvalue weighted by Gasteiger charge is 2.32. The van der Waals surface area contributed by atoms with E-state index in [4.69, 9.17) is 4.74 Å². The van der Waals surface area contributed by atoms with Crippen LogP contribution < -0.4 is 25.4 Å². The van der Waals surface area contributed by atoms with E-state index >= 15 is 0 Å². The van der Waals surface area contributed by atoms with Crippen LogP contribution in [0.15, 0.2) is 33.9 Å². The first-order valence-corrected chi connectivity index (χ1v) is 8.07. The SMILES string of the molecule is CCOc1c(N2CCN(c3cccc(C)c3)[C@@H](C)C2)c(=O)c1=O. The molecule has 1 aliphatic rings. The lowest BCUT2D eigenvalue weighted by molar-refractivity contribution is 0.332. The van der Waals surface area contributed by atoms with Crippen molar-refractivity contribution in [3.8, 4) is 5.75 Å². The number of piperazine rings is 1. The van der Waals surface area contributed by atoms with E-state index in [0.717, 1.165) is 6.54 Å². The first-order valence-electron chi connectivity index (χ1n) is 8.07. The Hall–Kier alpha value is -2.30. The molecule has 3 rings (SSSR count). The molecule has 122 valence electrons. The molecular formula is C18H22N2O3. The summed E-state index contributed by atoms with van der Waals surface area (Å²) in [4.78, 5) is 27.9. The molecule has 2 aromatic rings. The zero-order valence-corrected chi connectivity index (χ0v) is 13.8. The van der Waals surface area contributed by atoms with Gasteiger partial charge in [0.2, 0.25) is 0 Å². The first kappa shape index (κ1) is 15.6. The summed E-state index contributed by atoms with van der Waals surface area (Å²) in [6, 6.07) is 8.69. The van der Waals surface area contributed by atoms with Crippen LogP contribution in [0.5, 0.6) is 5.75 Å². The van der Waals surface area contributed by atoms with Crippen molar-refractivity contribution in [3.05, 3.63) is 50.3 Å². The predicted molar refractivity (Wildman–Crippen MR) is 92.7 cm³/mol. The van der Waals surface area contributed by atoms with Crippen LogP contribution in [-0.4, -0.2) is 32.3 Å². The molecule has 2 aromatic carbocycles. The second-order valence-electron chi connectivity index (χ2n) is 6.10. The van der Waals surface area contributed by atoms with Crippen LogP contribution in [0.2, 0.25) is 0 Å². The van der Waals surface area contributed by atoms with Crippen LogP contribution in [0.25, 0.3) is 0 Å². The number of nitrogens with zero attached hydrogens (tertiary/aromatic N) is 2. The van der Waals surface area contributed by atoms with Crippen molar-refractivity contribution in [2.75, 3.05) is 36.0 Å². The quantitative estimate of drug-likeness (QED) is 0.804. The van der Waals surface area contributed by atoms with Crippen molar-refractivity contribution in [3.63, 3.8) is 0 Å². The highest BCUT2D eigenvalue weighted by atomic mass is 16.5. The van der Waals surface area contributed by atoms with Gasteiger partial charge in [-0.2, -0.15) is 0 Å². The average molecular weight is 314 g/mol. The van der Waals surface area contributed by atoms with Gasteiger partial charge in [0.1, 0.15) is 5.69 Å². The van der Waals surface area contributed by atoms with Crippen molar-refractivity contribution in [1.29, 1.82) is 0 Å². The molecule has 0 aliphatic carbocycles. The van der Waals surface area contributed by atoms with Gasteiger partial charge in [-0.25, -0.2) is 0 Å². The van der Waals surface area contributed by atoms with Crippen molar-refractivity contribution < 1.29 is 4.74 Å². The molecule has 5 nitrogen and oxygen atoms in total. The van der Waals surface area contributed by atoms with Gasteiger partial charge in [-0.3, -0.25) is 9.59 Å². The molecule has 0 bridgehead atoms. The van der Waals surface area contributed by atoms with Gasteiger partial charge in [-0.15, -0.1) is 0 Å². The highest BCUT2D eigenvalue weighted by Crippen LogP contribution is 2.28. The Morgan fingerprint density at radius 3 is 2.65 bits per heavy atom. The molecule has 0 N–H and O–H groups in total. The zero-order valence-electron chi connectivity index (χ0n) is 13.8. The molecule has 0 unspecified atom stereocenters. The molecule has 0 saturated carbocycles. The maximum Gasteiger partial charge on any atom is 0.272 e. The van der Waals surface area contributed by atoms with E-state index in [1.54, 1.807) is 0 Å². The summed E-state index contributed by atoms with van der Waals surface area (Å²) < 4.78 is 5.34. The fourth-order valence-electron chi connectivity index (χ4n) is 3.28. The van der Waals surface area contributed by atoms with Crippen LogP contribution in [0, 0.1) is 6.92 Å². The average Bonchev–Trinajstić information content (AvgIpc) is 2.54. The van der Waals surface area contributed by atoms with Crippen molar-refractivity contribution in [1.82, 2.24) is 0 Å². The molecule has 1 saturated heterocycles. The van der Waals surface area contributed by atoms with Crippen LogP contribution in [0.1, 0.15) is 19.4 Å². The van der Waals surface area contributed by atoms with Crippen molar-refractivity contribution in [2.24, 2.45) is 0 Å². The van der Waals surface area contributed by atoms with Gasteiger partial charge in [0, 0.05) is 31.4 Å². The largest absolute Gasteiger partial charge is 0.488 e. The minimum Gasteiger partial charge on any atom is -0.488 e. The standard InChI is InChI=1S/C18H22N2O3/c1-4-23-18-15(16(21)17(18)22)19-8-9-20(13(3)11-19)14-7-5-6-12(2)10-14/h5-7,10,13H,4,8-9,11H2,1-3H3/t13-/m0/s1. The van der Waals surface area contributed by atoms with E-state index in [1.807, 2.05) is 11.8 Å². The zero-order chi connectivity index (χ0) is 16.6. The van der Waals surface area contributed by atoms with Crippen LogP contribution in [0.4, 0.5) is 11.4 Å². The second kappa shape index (κ2) is 6.07. The predicted octanol–water partition coefficient (Wildman–Crippen LogP) is 1.70. The van der Waals surface area contributed by atoms with Gasteiger partial charge in [0.15, 0.2) is 5.75 Å². The van der Waals surface area contributed by atoms with Gasteiger partial charge in [0.25, 0.3) is 10.9 Å². The molecule has 1 fully saturated rings. The molecule has 23 heavy (non-hydrogen) atoms. The van der Waals surface area contributed by atoms with E-state index in [1.165, 1.54) is 11.3 Å². The van der Waals surface area contributed by atoms with Gasteiger partial charge in [-0.1, -0.05) is 12.1 Å². The lowest BCUT2D eigenvalue weighted by Gasteiger charge is -2.42. The Morgan fingerprint density at radius 1 is 1.22 bits per heavy atom. The van der Waals surface area contributed by atoms with Crippen molar-refractivity contribution in [2.45, 2.75) is 26.8 Å². The topological polar surface area (TPSA) is 49.9 Å². The third kappa shape index (κ3) is 2.71. The van der Waals surface area contributed by atoms with Gasteiger partial charge in [0.05, 0.1) is 6.61 Å². The number of aryl methyl sites for hydroxylation is 1. The van der Waals surface area contributed by atoms with E-state index in [-0.39, 0.29) is 11.8 Å². The smallest absolute Gasteiger partial charge is 0.272 e. The molecule has 1 atom stereocenters. The van der Waals surface area contributed by atoms with Crippen LogP contribution in [-0.2, 0) is 0 Å². The van der Waals surface area contributed by atoms with E-state index in [0.29, 0.717) is 25.4 Å². The summed E-state index contributed by atoms with van der Waals surface area (Å²) in [6.07, 6.45) is 0. The normalized spacial score (nSPS) is 18.5. The minimum absolute atomic E-state index is 0.244. The minimum atomic E-state index is -0.490. The number of hydrogen-bond donors (Lipinski definition) is 0. The molecule has 1 heterocycles. The molecule has 5 heteroatoms. The monoisotopic (exact) mass is 314 g/mol. The molecule has 1 aliphatic heterocycles. The summed E-state index contributed by atoms with van der Waals surface area (Å²) in [5, 5.41) is 0. The fourth-order valence-corrected chi connectivity index (χ4v) is 3.28. The Labute approximate surface area is 135 Å². The fraction of sp³-hybridized carbons (Fsp3) is 0.444. The van der Waals surface area contributed by atoms with Gasteiger partial charge >= 0.3 is 0 Å². The van der Waals surface area contributed by atoms with E-state index in [2.05, 4.69) is 43.0 Å². The Kier molecular flexibility index (Phi) is 4.11. The molecule has 0 spiro atoms. The molecular weight excluding hydrogens is 292 g/mol. The van der Waals surface area contributed by atoms with Gasteiger partial charge in [-0.05, 0) is 38.5 Å². The summed E-state index contributed by atoms with van der Waals surface area (Å²) in [6.45, 7) is 8.68. The molecule has 0 amide bonds. The number of hydrogen-bond acceptors (Lipinski definition) is 5. The maximum atomic E-state index is 11.9. The van der Waals surface area contributed by atoms with Crippen molar-refractivity contribution >= 4 is 11.4 Å². The van der Waals surface area contributed by atoms with Crippen LogP contribution in [0.3, 0.4) is 0 Å². The molecule has 0 radical (unpaired) electrons. The van der Waals surface area contributed by atoms with Gasteiger partial charge < -0.3 is 14.5 Å². The summed E-state index contributed by atoms with van der Waals surface area (Å²) in [5.74, 6) is 0.244.